The zero-order valence-corrected chi connectivity index (χ0v) is 19.2. The molecule has 2 N–H and O–H groups in total. The number of carboxylic acids is 1. The Morgan fingerprint density at radius 1 is 1.06 bits per heavy atom. The van der Waals surface area contributed by atoms with Gasteiger partial charge < -0.3 is 19.9 Å². The molecule has 0 bridgehead atoms. The van der Waals surface area contributed by atoms with Crippen molar-refractivity contribution in [2.24, 2.45) is 0 Å². The molecule has 174 valence electrons. The highest BCUT2D eigenvalue weighted by Gasteiger charge is 2.32. The lowest BCUT2D eigenvalue weighted by Gasteiger charge is -2.18. The van der Waals surface area contributed by atoms with Crippen LogP contribution in [0.25, 0.3) is 11.1 Å². The van der Waals surface area contributed by atoms with Gasteiger partial charge in [0.1, 0.15) is 24.0 Å². The number of amides is 1. The third kappa shape index (κ3) is 4.23. The van der Waals surface area contributed by atoms with Gasteiger partial charge in [-0.1, -0.05) is 60.7 Å². The van der Waals surface area contributed by atoms with Crippen LogP contribution >= 0.6 is 0 Å². The number of carbonyl (C=O) groups excluding carboxylic acids is 1. The van der Waals surface area contributed by atoms with Crippen LogP contribution in [0.5, 0.6) is 5.75 Å². The molecule has 0 aromatic heterocycles. The molecule has 2 aliphatic rings. The number of benzene rings is 3. The average Bonchev–Trinajstić information content (AvgIpc) is 3.29. The standard InChI is InChI=1S/C28H27NO5/c1-28(2)15-18-13-17(11-12-25(18)34-28)14-24(26(30)31)29-27(32)33-16-23-21-9-5-3-7-19(21)20-8-4-6-10-22(20)23/h3-13,23-24H,14-16H2,1-2H3,(H,29,32)(H,30,31). The van der Waals surface area contributed by atoms with E-state index >= 15 is 0 Å². The van der Waals surface area contributed by atoms with Gasteiger partial charge in [-0.05, 0) is 53.3 Å². The summed E-state index contributed by atoms with van der Waals surface area (Å²) in [5, 5.41) is 12.2. The van der Waals surface area contributed by atoms with Crippen molar-refractivity contribution in [1.29, 1.82) is 0 Å². The van der Waals surface area contributed by atoms with E-state index in [1.165, 1.54) is 0 Å². The fourth-order valence-corrected chi connectivity index (χ4v) is 5.01. The van der Waals surface area contributed by atoms with E-state index in [2.05, 4.69) is 17.4 Å². The molecular weight excluding hydrogens is 430 g/mol. The fourth-order valence-electron chi connectivity index (χ4n) is 5.01. The second-order valence-electron chi connectivity index (χ2n) is 9.55. The fraction of sp³-hybridized carbons (Fsp3) is 0.286. The normalized spacial score (nSPS) is 16.1. The highest BCUT2D eigenvalue weighted by atomic mass is 16.5. The van der Waals surface area contributed by atoms with Crippen LogP contribution in [0.3, 0.4) is 0 Å². The summed E-state index contributed by atoms with van der Waals surface area (Å²) in [6.45, 7) is 4.17. The number of carboxylic acid groups (broad SMARTS) is 1. The van der Waals surface area contributed by atoms with E-state index in [-0.39, 0.29) is 24.5 Å². The smallest absolute Gasteiger partial charge is 0.407 e. The zero-order chi connectivity index (χ0) is 23.9. The van der Waals surface area contributed by atoms with E-state index in [4.69, 9.17) is 9.47 Å². The highest BCUT2D eigenvalue weighted by molar-refractivity contribution is 5.81. The number of carbonyl (C=O) groups is 2. The summed E-state index contributed by atoms with van der Waals surface area (Å²) < 4.78 is 11.4. The van der Waals surface area contributed by atoms with Crippen molar-refractivity contribution >= 4 is 12.1 Å². The Morgan fingerprint density at radius 3 is 2.35 bits per heavy atom. The first-order chi connectivity index (χ1) is 16.3. The Balaban J connectivity index is 1.25. The van der Waals surface area contributed by atoms with Gasteiger partial charge in [0, 0.05) is 18.8 Å². The first-order valence-corrected chi connectivity index (χ1v) is 11.5. The van der Waals surface area contributed by atoms with Crippen molar-refractivity contribution in [3.8, 4) is 16.9 Å². The Bertz CT molecular complexity index is 1220. The topological polar surface area (TPSA) is 84.9 Å². The van der Waals surface area contributed by atoms with E-state index in [9.17, 15) is 14.7 Å². The molecule has 5 rings (SSSR count). The Labute approximate surface area is 198 Å². The number of alkyl carbamates (subject to hydrolysis) is 1. The van der Waals surface area contributed by atoms with Gasteiger partial charge in [-0.2, -0.15) is 0 Å². The maximum absolute atomic E-state index is 12.6. The van der Waals surface area contributed by atoms with Crippen LogP contribution in [0, 0.1) is 0 Å². The molecule has 3 aromatic rings. The largest absolute Gasteiger partial charge is 0.487 e. The summed E-state index contributed by atoms with van der Waals surface area (Å²) >= 11 is 0. The molecule has 34 heavy (non-hydrogen) atoms. The SMILES string of the molecule is CC1(C)Cc2cc(CC(NC(=O)OCC3c4ccccc4-c4ccccc43)C(=O)O)ccc2O1. The molecule has 0 saturated carbocycles. The number of hydrogen-bond acceptors (Lipinski definition) is 4. The third-order valence-electron chi connectivity index (χ3n) is 6.50. The van der Waals surface area contributed by atoms with Crippen LogP contribution in [-0.4, -0.2) is 35.4 Å². The third-order valence-corrected chi connectivity index (χ3v) is 6.50. The van der Waals surface area contributed by atoms with Crippen molar-refractivity contribution in [3.63, 3.8) is 0 Å². The Hall–Kier alpha value is -3.80. The van der Waals surface area contributed by atoms with Gasteiger partial charge in [0.2, 0.25) is 0 Å². The predicted octanol–water partition coefficient (Wildman–Crippen LogP) is 4.93. The summed E-state index contributed by atoms with van der Waals surface area (Å²) in [5.74, 6) is -0.364. The summed E-state index contributed by atoms with van der Waals surface area (Å²) in [6.07, 6.45) is 0.181. The van der Waals surface area contributed by atoms with Crippen LogP contribution < -0.4 is 10.1 Å². The average molecular weight is 458 g/mol. The van der Waals surface area contributed by atoms with E-state index in [1.54, 1.807) is 0 Å². The van der Waals surface area contributed by atoms with Crippen LogP contribution in [0.1, 0.15) is 42.0 Å². The van der Waals surface area contributed by atoms with Crippen molar-refractivity contribution < 1.29 is 24.2 Å². The monoisotopic (exact) mass is 457 g/mol. The quantitative estimate of drug-likeness (QED) is 0.548. The van der Waals surface area contributed by atoms with Gasteiger partial charge in [0.25, 0.3) is 0 Å². The molecule has 1 aliphatic heterocycles. The minimum Gasteiger partial charge on any atom is -0.487 e. The van der Waals surface area contributed by atoms with Crippen molar-refractivity contribution in [2.75, 3.05) is 6.61 Å². The summed E-state index contributed by atoms with van der Waals surface area (Å²) in [4.78, 5) is 24.5. The van der Waals surface area contributed by atoms with Gasteiger partial charge in [-0.15, -0.1) is 0 Å². The maximum atomic E-state index is 12.6. The second-order valence-corrected chi connectivity index (χ2v) is 9.55. The minimum absolute atomic E-state index is 0.0820. The van der Waals surface area contributed by atoms with E-state index in [0.29, 0.717) is 0 Å². The zero-order valence-electron chi connectivity index (χ0n) is 19.2. The van der Waals surface area contributed by atoms with Gasteiger partial charge in [0.15, 0.2) is 0 Å². The van der Waals surface area contributed by atoms with E-state index in [1.807, 2.05) is 68.4 Å². The summed E-state index contributed by atoms with van der Waals surface area (Å²) in [6, 6.07) is 20.7. The first-order valence-electron chi connectivity index (χ1n) is 11.5. The molecule has 1 aliphatic carbocycles. The molecule has 1 unspecified atom stereocenters. The molecule has 0 fully saturated rings. The molecule has 1 atom stereocenters. The lowest BCUT2D eigenvalue weighted by Crippen LogP contribution is -2.42. The molecule has 6 heteroatoms. The molecule has 3 aromatic carbocycles. The molecule has 0 saturated heterocycles. The minimum atomic E-state index is -1.11. The molecule has 1 heterocycles. The second kappa shape index (κ2) is 8.52. The number of fused-ring (bicyclic) bond motifs is 4. The molecule has 1 amide bonds. The van der Waals surface area contributed by atoms with Crippen LogP contribution in [0.4, 0.5) is 4.79 Å². The number of hydrogen-bond donors (Lipinski definition) is 2. The van der Waals surface area contributed by atoms with Gasteiger partial charge in [-0.25, -0.2) is 9.59 Å². The van der Waals surface area contributed by atoms with Gasteiger partial charge >= 0.3 is 12.1 Å². The van der Waals surface area contributed by atoms with Gasteiger partial charge in [-0.3, -0.25) is 0 Å². The van der Waals surface area contributed by atoms with Crippen LogP contribution in [-0.2, 0) is 22.4 Å². The Morgan fingerprint density at radius 2 is 1.71 bits per heavy atom. The van der Waals surface area contributed by atoms with Crippen molar-refractivity contribution in [2.45, 2.75) is 44.2 Å². The molecule has 0 radical (unpaired) electrons. The predicted molar refractivity (Wildman–Crippen MR) is 128 cm³/mol. The lowest BCUT2D eigenvalue weighted by molar-refractivity contribution is -0.139. The van der Waals surface area contributed by atoms with E-state index < -0.39 is 18.1 Å². The number of nitrogens with one attached hydrogen (secondary N) is 1. The van der Waals surface area contributed by atoms with Crippen LogP contribution in [0.15, 0.2) is 66.7 Å². The molecule has 0 spiro atoms. The number of ether oxygens (including phenoxy) is 2. The summed E-state index contributed by atoms with van der Waals surface area (Å²) in [5.41, 5.74) is 6.09. The van der Waals surface area contributed by atoms with Gasteiger partial charge in [0.05, 0.1) is 0 Å². The van der Waals surface area contributed by atoms with Crippen molar-refractivity contribution in [3.05, 3.63) is 89.0 Å². The van der Waals surface area contributed by atoms with E-state index in [0.717, 1.165) is 45.6 Å². The molecular formula is C28H27NO5. The van der Waals surface area contributed by atoms with Crippen LogP contribution in [0.2, 0.25) is 0 Å². The lowest BCUT2D eigenvalue weighted by atomic mass is 9.98. The first kappa shape index (κ1) is 22.0. The summed E-state index contributed by atoms with van der Waals surface area (Å²) in [7, 11) is 0. The Kier molecular flexibility index (Phi) is 5.52. The molecule has 6 nitrogen and oxygen atoms in total. The number of rotatable bonds is 6. The van der Waals surface area contributed by atoms with Crippen molar-refractivity contribution in [1.82, 2.24) is 5.32 Å². The maximum Gasteiger partial charge on any atom is 0.407 e. The highest BCUT2D eigenvalue weighted by Crippen LogP contribution is 2.44. The number of aliphatic carboxylic acids is 1.